The molecule has 0 saturated heterocycles. The lowest BCUT2D eigenvalue weighted by atomic mass is 10.1. The van der Waals surface area contributed by atoms with E-state index < -0.39 is 5.97 Å². The quantitative estimate of drug-likeness (QED) is 0.866. The van der Waals surface area contributed by atoms with Crippen LogP contribution in [-0.4, -0.2) is 26.0 Å². The number of H-pyrrole nitrogens is 1. The SMILES string of the molecule is Cc1[nH]c(C(C)CC(=O)O)nc1-c1cccnc1. The highest BCUT2D eigenvalue weighted by atomic mass is 16.4. The zero-order chi connectivity index (χ0) is 13.1. The van der Waals surface area contributed by atoms with E-state index in [1.165, 1.54) is 0 Å². The average molecular weight is 245 g/mol. The molecule has 0 bridgehead atoms. The van der Waals surface area contributed by atoms with Crippen LogP contribution in [0.2, 0.25) is 0 Å². The van der Waals surface area contributed by atoms with Crippen molar-refractivity contribution in [2.75, 3.05) is 0 Å². The van der Waals surface area contributed by atoms with Crippen molar-refractivity contribution in [3.8, 4) is 11.3 Å². The summed E-state index contributed by atoms with van der Waals surface area (Å²) in [7, 11) is 0. The maximum atomic E-state index is 10.7. The summed E-state index contributed by atoms with van der Waals surface area (Å²) in [6, 6.07) is 3.78. The molecule has 5 nitrogen and oxygen atoms in total. The highest BCUT2D eigenvalue weighted by Crippen LogP contribution is 2.24. The van der Waals surface area contributed by atoms with E-state index in [-0.39, 0.29) is 12.3 Å². The van der Waals surface area contributed by atoms with Gasteiger partial charge in [0.25, 0.3) is 0 Å². The lowest BCUT2D eigenvalue weighted by molar-refractivity contribution is -0.137. The summed E-state index contributed by atoms with van der Waals surface area (Å²) in [4.78, 5) is 22.4. The van der Waals surface area contributed by atoms with Gasteiger partial charge in [-0.25, -0.2) is 4.98 Å². The monoisotopic (exact) mass is 245 g/mol. The number of nitrogens with one attached hydrogen (secondary N) is 1. The van der Waals surface area contributed by atoms with E-state index in [9.17, 15) is 4.79 Å². The standard InChI is InChI=1S/C13H15N3O2/c1-8(6-11(17)18)13-15-9(2)12(16-13)10-4-3-5-14-7-10/h3-5,7-8H,6H2,1-2H3,(H,15,16)(H,17,18). The highest BCUT2D eigenvalue weighted by Gasteiger charge is 2.16. The Kier molecular flexibility index (Phi) is 3.41. The number of hydrogen-bond acceptors (Lipinski definition) is 3. The fourth-order valence-corrected chi connectivity index (χ4v) is 1.86. The second-order valence-electron chi connectivity index (χ2n) is 4.34. The van der Waals surface area contributed by atoms with Gasteiger partial charge in [-0.2, -0.15) is 0 Å². The van der Waals surface area contributed by atoms with Gasteiger partial charge in [-0.05, 0) is 19.1 Å². The first-order chi connectivity index (χ1) is 8.58. The Bertz CT molecular complexity index is 549. The average Bonchev–Trinajstić information content (AvgIpc) is 2.72. The van der Waals surface area contributed by atoms with Crippen LogP contribution in [0.25, 0.3) is 11.3 Å². The van der Waals surface area contributed by atoms with Crippen molar-refractivity contribution in [3.63, 3.8) is 0 Å². The normalized spacial score (nSPS) is 12.3. The molecule has 0 saturated carbocycles. The van der Waals surface area contributed by atoms with Gasteiger partial charge in [0, 0.05) is 29.6 Å². The Morgan fingerprint density at radius 1 is 1.56 bits per heavy atom. The number of nitrogens with zero attached hydrogens (tertiary/aromatic N) is 2. The molecule has 2 aromatic rings. The van der Waals surface area contributed by atoms with Crippen LogP contribution in [-0.2, 0) is 4.79 Å². The summed E-state index contributed by atoms with van der Waals surface area (Å²) in [6.45, 7) is 3.77. The molecule has 0 aromatic carbocycles. The third-order valence-electron chi connectivity index (χ3n) is 2.79. The number of aromatic amines is 1. The molecule has 2 rings (SSSR count). The maximum absolute atomic E-state index is 10.7. The molecule has 18 heavy (non-hydrogen) atoms. The number of rotatable bonds is 4. The second-order valence-corrected chi connectivity index (χ2v) is 4.34. The number of aliphatic carboxylic acids is 1. The van der Waals surface area contributed by atoms with Crippen LogP contribution in [0, 0.1) is 6.92 Å². The Hall–Kier alpha value is -2.17. The van der Waals surface area contributed by atoms with E-state index in [1.54, 1.807) is 12.4 Å². The first-order valence-electron chi connectivity index (χ1n) is 5.76. The summed E-state index contributed by atoms with van der Waals surface area (Å²) in [6.07, 6.45) is 3.52. The number of aromatic nitrogens is 3. The Morgan fingerprint density at radius 3 is 2.94 bits per heavy atom. The van der Waals surface area contributed by atoms with Crippen molar-refractivity contribution in [2.24, 2.45) is 0 Å². The number of hydrogen-bond donors (Lipinski definition) is 2. The van der Waals surface area contributed by atoms with Crippen LogP contribution in [0.3, 0.4) is 0 Å². The molecule has 0 radical (unpaired) electrons. The zero-order valence-corrected chi connectivity index (χ0v) is 10.3. The molecule has 2 heterocycles. The van der Waals surface area contributed by atoms with Crippen LogP contribution >= 0.6 is 0 Å². The van der Waals surface area contributed by atoms with Gasteiger partial charge in [-0.1, -0.05) is 6.92 Å². The molecular weight excluding hydrogens is 230 g/mol. The van der Waals surface area contributed by atoms with E-state index in [4.69, 9.17) is 5.11 Å². The lowest BCUT2D eigenvalue weighted by Gasteiger charge is -2.03. The van der Waals surface area contributed by atoms with Gasteiger partial charge in [0.15, 0.2) is 0 Å². The minimum Gasteiger partial charge on any atom is -0.481 e. The van der Waals surface area contributed by atoms with Crippen molar-refractivity contribution in [2.45, 2.75) is 26.2 Å². The van der Waals surface area contributed by atoms with E-state index >= 15 is 0 Å². The fourth-order valence-electron chi connectivity index (χ4n) is 1.86. The third-order valence-corrected chi connectivity index (χ3v) is 2.79. The Labute approximate surface area is 105 Å². The molecule has 1 atom stereocenters. The summed E-state index contributed by atoms with van der Waals surface area (Å²) < 4.78 is 0. The van der Waals surface area contributed by atoms with E-state index in [2.05, 4.69) is 15.0 Å². The summed E-state index contributed by atoms with van der Waals surface area (Å²) in [5.41, 5.74) is 2.69. The number of carboxylic acids is 1. The van der Waals surface area contributed by atoms with Gasteiger partial charge in [0.05, 0.1) is 12.1 Å². The van der Waals surface area contributed by atoms with Gasteiger partial charge in [-0.15, -0.1) is 0 Å². The summed E-state index contributed by atoms with van der Waals surface area (Å²) in [5.74, 6) is -0.250. The molecule has 94 valence electrons. The number of carbonyl (C=O) groups is 1. The zero-order valence-electron chi connectivity index (χ0n) is 10.3. The molecule has 5 heteroatoms. The van der Waals surface area contributed by atoms with Crippen molar-refractivity contribution >= 4 is 5.97 Å². The molecule has 0 aliphatic carbocycles. The number of imidazole rings is 1. The van der Waals surface area contributed by atoms with Crippen molar-refractivity contribution in [1.82, 2.24) is 15.0 Å². The largest absolute Gasteiger partial charge is 0.481 e. The third kappa shape index (κ3) is 2.56. The van der Waals surface area contributed by atoms with Crippen LogP contribution in [0.1, 0.15) is 30.8 Å². The van der Waals surface area contributed by atoms with Crippen LogP contribution in [0.15, 0.2) is 24.5 Å². The predicted octanol–water partition coefficient (Wildman–Crippen LogP) is 2.36. The molecule has 0 aliphatic rings. The molecule has 1 unspecified atom stereocenters. The minimum absolute atomic E-state index is 0.0689. The van der Waals surface area contributed by atoms with E-state index in [1.807, 2.05) is 26.0 Å². The van der Waals surface area contributed by atoms with Crippen molar-refractivity contribution < 1.29 is 9.90 Å². The molecule has 2 aromatic heterocycles. The lowest BCUT2D eigenvalue weighted by Crippen LogP contribution is -2.04. The molecule has 0 spiro atoms. The molecular formula is C13H15N3O2. The van der Waals surface area contributed by atoms with Crippen molar-refractivity contribution in [1.29, 1.82) is 0 Å². The Morgan fingerprint density at radius 2 is 2.33 bits per heavy atom. The Balaban J connectivity index is 2.30. The van der Waals surface area contributed by atoms with Gasteiger partial charge < -0.3 is 10.1 Å². The fraction of sp³-hybridized carbons (Fsp3) is 0.308. The second kappa shape index (κ2) is 5.00. The first-order valence-corrected chi connectivity index (χ1v) is 5.76. The molecule has 0 amide bonds. The van der Waals surface area contributed by atoms with Gasteiger partial charge in [0.1, 0.15) is 5.82 Å². The number of carboxylic acid groups (broad SMARTS) is 1. The maximum Gasteiger partial charge on any atom is 0.304 e. The van der Waals surface area contributed by atoms with Gasteiger partial charge >= 0.3 is 5.97 Å². The van der Waals surface area contributed by atoms with Gasteiger partial charge in [-0.3, -0.25) is 9.78 Å². The van der Waals surface area contributed by atoms with Crippen LogP contribution < -0.4 is 0 Å². The molecule has 0 fully saturated rings. The topological polar surface area (TPSA) is 78.9 Å². The molecule has 2 N–H and O–H groups in total. The first kappa shape index (κ1) is 12.3. The predicted molar refractivity (Wildman–Crippen MR) is 67.2 cm³/mol. The minimum atomic E-state index is -0.820. The van der Waals surface area contributed by atoms with Gasteiger partial charge in [0.2, 0.25) is 0 Å². The number of pyridine rings is 1. The highest BCUT2D eigenvalue weighted by molar-refractivity contribution is 5.68. The van der Waals surface area contributed by atoms with E-state index in [0.29, 0.717) is 5.82 Å². The number of aryl methyl sites for hydroxylation is 1. The summed E-state index contributed by atoms with van der Waals surface area (Å²) >= 11 is 0. The van der Waals surface area contributed by atoms with E-state index in [0.717, 1.165) is 17.0 Å². The smallest absolute Gasteiger partial charge is 0.304 e. The van der Waals surface area contributed by atoms with Crippen LogP contribution in [0.5, 0.6) is 0 Å². The van der Waals surface area contributed by atoms with Crippen LogP contribution in [0.4, 0.5) is 0 Å². The van der Waals surface area contributed by atoms with Crippen molar-refractivity contribution in [3.05, 3.63) is 36.0 Å². The summed E-state index contributed by atoms with van der Waals surface area (Å²) in [5, 5.41) is 8.79. The molecule has 0 aliphatic heterocycles.